The molecule has 2 heteroatoms. The fourth-order valence-corrected chi connectivity index (χ4v) is 1.67. The molecule has 0 bridgehead atoms. The minimum atomic E-state index is -0.278. The first-order valence-electron chi connectivity index (χ1n) is 3.24. The Kier molecular flexibility index (Phi) is 0.746. The van der Waals surface area contributed by atoms with E-state index in [1.54, 1.807) is 0 Å². The molecule has 0 aromatic rings. The standard InChI is InChI=1S/C6H11NO/c8-6-2-1-5(6)3-7-4-6/h5,7-8H,1-4H2/t5-,6-/m0/s1. The van der Waals surface area contributed by atoms with Gasteiger partial charge in [-0.15, -0.1) is 0 Å². The maximum Gasteiger partial charge on any atom is 0.0811 e. The van der Waals surface area contributed by atoms with Gasteiger partial charge in [0.15, 0.2) is 0 Å². The van der Waals surface area contributed by atoms with Crippen LogP contribution in [0.3, 0.4) is 0 Å². The third-order valence-electron chi connectivity index (χ3n) is 2.51. The average molecular weight is 113 g/mol. The largest absolute Gasteiger partial charge is 0.388 e. The second-order valence-electron chi connectivity index (χ2n) is 2.97. The summed E-state index contributed by atoms with van der Waals surface area (Å²) >= 11 is 0. The third-order valence-corrected chi connectivity index (χ3v) is 2.51. The number of aliphatic hydroxyl groups is 1. The van der Waals surface area contributed by atoms with Crippen molar-refractivity contribution in [2.75, 3.05) is 13.1 Å². The SMILES string of the molecule is O[C@]12CC[C@H]1CNC2. The molecule has 2 atom stereocenters. The molecule has 1 saturated carbocycles. The summed E-state index contributed by atoms with van der Waals surface area (Å²) in [6.07, 6.45) is 2.24. The monoisotopic (exact) mass is 113 g/mol. The van der Waals surface area contributed by atoms with Crippen LogP contribution in [0.15, 0.2) is 0 Å². The lowest BCUT2D eigenvalue weighted by Gasteiger charge is -2.38. The summed E-state index contributed by atoms with van der Waals surface area (Å²) in [5.74, 6) is 0.586. The van der Waals surface area contributed by atoms with Gasteiger partial charge in [-0.1, -0.05) is 0 Å². The lowest BCUT2D eigenvalue weighted by molar-refractivity contribution is -0.0568. The Balaban J connectivity index is 2.14. The van der Waals surface area contributed by atoms with E-state index in [4.69, 9.17) is 0 Å². The molecule has 8 heavy (non-hydrogen) atoms. The maximum absolute atomic E-state index is 9.49. The van der Waals surface area contributed by atoms with Gasteiger partial charge < -0.3 is 10.4 Å². The molecule has 2 aliphatic rings. The van der Waals surface area contributed by atoms with Crippen molar-refractivity contribution >= 4 is 0 Å². The fraction of sp³-hybridized carbons (Fsp3) is 1.00. The van der Waals surface area contributed by atoms with E-state index in [1.807, 2.05) is 0 Å². The highest BCUT2D eigenvalue weighted by Crippen LogP contribution is 2.40. The van der Waals surface area contributed by atoms with E-state index >= 15 is 0 Å². The number of β-amino-alcohol motifs (C(OH)–C–C–N with tert-alkyl or cyclic N) is 1. The summed E-state index contributed by atoms with van der Waals surface area (Å²) < 4.78 is 0. The normalized spacial score (nSPS) is 52.9. The Morgan fingerprint density at radius 2 is 2.50 bits per heavy atom. The molecule has 1 aliphatic heterocycles. The van der Waals surface area contributed by atoms with Gasteiger partial charge in [-0.25, -0.2) is 0 Å². The number of hydrogen-bond donors (Lipinski definition) is 2. The van der Waals surface area contributed by atoms with Gasteiger partial charge in [-0.2, -0.15) is 0 Å². The first-order chi connectivity index (χ1) is 3.81. The first-order valence-corrected chi connectivity index (χ1v) is 3.24. The highest BCUT2D eigenvalue weighted by molar-refractivity contribution is 5.03. The number of hydrogen-bond acceptors (Lipinski definition) is 2. The van der Waals surface area contributed by atoms with Crippen LogP contribution in [0.5, 0.6) is 0 Å². The quantitative estimate of drug-likeness (QED) is 0.453. The number of fused-ring (bicyclic) bond motifs is 1. The van der Waals surface area contributed by atoms with Crippen LogP contribution in [0, 0.1) is 5.92 Å². The molecule has 0 spiro atoms. The molecule has 1 heterocycles. The molecule has 2 rings (SSSR count). The van der Waals surface area contributed by atoms with Gasteiger partial charge in [0.05, 0.1) is 5.60 Å². The topological polar surface area (TPSA) is 32.3 Å². The molecular weight excluding hydrogens is 102 g/mol. The lowest BCUT2D eigenvalue weighted by atomic mass is 9.72. The van der Waals surface area contributed by atoms with Crippen LogP contribution in [-0.2, 0) is 0 Å². The van der Waals surface area contributed by atoms with E-state index < -0.39 is 0 Å². The van der Waals surface area contributed by atoms with Crippen molar-refractivity contribution in [3.8, 4) is 0 Å². The lowest BCUT2D eigenvalue weighted by Crippen LogP contribution is -2.46. The predicted molar refractivity (Wildman–Crippen MR) is 30.5 cm³/mol. The molecule has 46 valence electrons. The van der Waals surface area contributed by atoms with E-state index in [0.29, 0.717) is 5.92 Å². The molecule has 1 saturated heterocycles. The van der Waals surface area contributed by atoms with E-state index in [1.165, 1.54) is 6.42 Å². The van der Waals surface area contributed by atoms with E-state index in [-0.39, 0.29) is 5.60 Å². The highest BCUT2D eigenvalue weighted by atomic mass is 16.3. The minimum absolute atomic E-state index is 0.278. The van der Waals surface area contributed by atoms with Crippen molar-refractivity contribution in [3.63, 3.8) is 0 Å². The van der Waals surface area contributed by atoms with Gasteiger partial charge in [-0.05, 0) is 12.8 Å². The Morgan fingerprint density at radius 3 is 2.75 bits per heavy atom. The Bertz CT molecular complexity index is 115. The molecule has 0 unspecified atom stereocenters. The van der Waals surface area contributed by atoms with E-state index in [2.05, 4.69) is 5.32 Å². The van der Waals surface area contributed by atoms with Crippen LogP contribution < -0.4 is 5.32 Å². The molecule has 0 aromatic heterocycles. The van der Waals surface area contributed by atoms with Crippen LogP contribution in [0.2, 0.25) is 0 Å². The van der Waals surface area contributed by atoms with Crippen LogP contribution in [0.25, 0.3) is 0 Å². The van der Waals surface area contributed by atoms with E-state index in [9.17, 15) is 5.11 Å². The maximum atomic E-state index is 9.49. The molecule has 2 nitrogen and oxygen atoms in total. The van der Waals surface area contributed by atoms with Crippen LogP contribution in [-0.4, -0.2) is 23.8 Å². The zero-order chi connectivity index (χ0) is 5.61. The molecular formula is C6H11NO. The molecule has 1 aliphatic carbocycles. The zero-order valence-electron chi connectivity index (χ0n) is 4.85. The van der Waals surface area contributed by atoms with Crippen LogP contribution in [0.1, 0.15) is 12.8 Å². The summed E-state index contributed by atoms with van der Waals surface area (Å²) in [4.78, 5) is 0. The summed E-state index contributed by atoms with van der Waals surface area (Å²) in [7, 11) is 0. The van der Waals surface area contributed by atoms with Crippen molar-refractivity contribution in [2.45, 2.75) is 18.4 Å². The summed E-state index contributed by atoms with van der Waals surface area (Å²) in [6, 6.07) is 0. The van der Waals surface area contributed by atoms with Gasteiger partial charge in [0.1, 0.15) is 0 Å². The van der Waals surface area contributed by atoms with Gasteiger partial charge in [0, 0.05) is 19.0 Å². The van der Waals surface area contributed by atoms with Gasteiger partial charge in [-0.3, -0.25) is 0 Å². The summed E-state index contributed by atoms with van der Waals surface area (Å²) in [6.45, 7) is 1.87. The molecule has 2 N–H and O–H groups in total. The molecule has 0 radical (unpaired) electrons. The fourth-order valence-electron chi connectivity index (χ4n) is 1.67. The number of nitrogens with one attached hydrogen (secondary N) is 1. The van der Waals surface area contributed by atoms with Crippen LogP contribution in [0.4, 0.5) is 0 Å². The van der Waals surface area contributed by atoms with E-state index in [0.717, 1.165) is 19.5 Å². The van der Waals surface area contributed by atoms with Gasteiger partial charge >= 0.3 is 0 Å². The second kappa shape index (κ2) is 1.25. The van der Waals surface area contributed by atoms with Crippen molar-refractivity contribution in [3.05, 3.63) is 0 Å². The third kappa shape index (κ3) is 0.400. The minimum Gasteiger partial charge on any atom is -0.388 e. The van der Waals surface area contributed by atoms with Gasteiger partial charge in [0.25, 0.3) is 0 Å². The Hall–Kier alpha value is -0.0800. The van der Waals surface area contributed by atoms with Crippen molar-refractivity contribution in [1.29, 1.82) is 0 Å². The van der Waals surface area contributed by atoms with Crippen molar-refractivity contribution in [1.82, 2.24) is 5.32 Å². The number of rotatable bonds is 0. The van der Waals surface area contributed by atoms with Gasteiger partial charge in [0.2, 0.25) is 0 Å². The molecule has 2 fully saturated rings. The smallest absolute Gasteiger partial charge is 0.0811 e. The summed E-state index contributed by atoms with van der Waals surface area (Å²) in [5.41, 5.74) is -0.278. The Labute approximate surface area is 48.9 Å². The summed E-state index contributed by atoms with van der Waals surface area (Å²) in [5, 5.41) is 12.7. The molecule has 0 aromatic carbocycles. The van der Waals surface area contributed by atoms with Crippen molar-refractivity contribution in [2.24, 2.45) is 5.92 Å². The van der Waals surface area contributed by atoms with Crippen molar-refractivity contribution < 1.29 is 5.11 Å². The van der Waals surface area contributed by atoms with Crippen LogP contribution >= 0.6 is 0 Å². The Morgan fingerprint density at radius 1 is 1.62 bits per heavy atom. The average Bonchev–Trinajstić information content (AvgIpc) is 1.94. The highest BCUT2D eigenvalue weighted by Gasteiger charge is 2.48. The molecule has 0 amide bonds. The predicted octanol–water partition coefficient (Wildman–Crippen LogP) is -0.269. The zero-order valence-corrected chi connectivity index (χ0v) is 4.85. The first kappa shape index (κ1) is 4.77. The second-order valence-corrected chi connectivity index (χ2v) is 2.97.